The van der Waals surface area contributed by atoms with Crippen LogP contribution in [0.15, 0.2) is 24.8 Å². The summed E-state index contributed by atoms with van der Waals surface area (Å²) in [6.45, 7) is 6.10. The zero-order chi connectivity index (χ0) is 16.4. The van der Waals surface area contributed by atoms with Crippen molar-refractivity contribution in [3.8, 4) is 5.75 Å². The van der Waals surface area contributed by atoms with Gasteiger partial charge in [0.05, 0.1) is 5.60 Å². The highest BCUT2D eigenvalue weighted by molar-refractivity contribution is 5.42. The van der Waals surface area contributed by atoms with Crippen molar-refractivity contribution in [2.45, 2.75) is 57.0 Å². The van der Waals surface area contributed by atoms with Gasteiger partial charge in [-0.15, -0.1) is 6.58 Å². The van der Waals surface area contributed by atoms with E-state index < -0.39 is 11.4 Å². The molecular formula is C20H25FO2. The van der Waals surface area contributed by atoms with E-state index in [0.717, 1.165) is 37.7 Å². The van der Waals surface area contributed by atoms with Crippen LogP contribution in [0.2, 0.25) is 0 Å². The molecule has 2 N–H and O–H groups in total. The van der Waals surface area contributed by atoms with E-state index in [1.807, 2.05) is 6.07 Å². The first-order valence-corrected chi connectivity index (χ1v) is 8.77. The first-order valence-electron chi connectivity index (χ1n) is 8.77. The van der Waals surface area contributed by atoms with Crippen molar-refractivity contribution < 1.29 is 14.6 Å². The molecule has 2 saturated carbocycles. The zero-order valence-electron chi connectivity index (χ0n) is 13.7. The summed E-state index contributed by atoms with van der Waals surface area (Å²) in [6, 6.07) is 3.42. The van der Waals surface area contributed by atoms with Crippen LogP contribution in [0.5, 0.6) is 5.75 Å². The van der Waals surface area contributed by atoms with Gasteiger partial charge >= 0.3 is 0 Å². The number of hydrogen-bond donors (Lipinski definition) is 2. The van der Waals surface area contributed by atoms with E-state index in [4.69, 9.17) is 0 Å². The Morgan fingerprint density at radius 3 is 2.78 bits per heavy atom. The maximum Gasteiger partial charge on any atom is 0.168 e. The van der Waals surface area contributed by atoms with E-state index >= 15 is 0 Å². The Bertz CT molecular complexity index is 670. The van der Waals surface area contributed by atoms with Gasteiger partial charge in [-0.05, 0) is 73.5 Å². The number of rotatable bonds is 1. The number of hydrogen-bond acceptors (Lipinski definition) is 2. The summed E-state index contributed by atoms with van der Waals surface area (Å²) in [5, 5.41) is 20.7. The van der Waals surface area contributed by atoms with Crippen LogP contribution in [-0.4, -0.2) is 15.8 Å². The lowest BCUT2D eigenvalue weighted by molar-refractivity contribution is -0.0708. The molecular weight excluding hydrogens is 291 g/mol. The normalized spacial score (nSPS) is 41.8. The molecule has 2 nitrogen and oxygen atoms in total. The molecule has 3 heteroatoms. The largest absolute Gasteiger partial charge is 0.505 e. The molecule has 2 fully saturated rings. The summed E-state index contributed by atoms with van der Waals surface area (Å²) in [7, 11) is 0. The van der Waals surface area contributed by atoms with E-state index in [9.17, 15) is 14.6 Å². The van der Waals surface area contributed by atoms with Crippen LogP contribution in [0, 0.1) is 23.1 Å². The number of fused-ring (bicyclic) bond motifs is 5. The van der Waals surface area contributed by atoms with Crippen LogP contribution in [0.1, 0.15) is 56.1 Å². The predicted octanol–water partition coefficient (Wildman–Crippen LogP) is 4.30. The van der Waals surface area contributed by atoms with E-state index in [2.05, 4.69) is 13.5 Å². The van der Waals surface area contributed by atoms with Gasteiger partial charge in [0.25, 0.3) is 0 Å². The van der Waals surface area contributed by atoms with Gasteiger partial charge in [0, 0.05) is 5.41 Å². The van der Waals surface area contributed by atoms with E-state index in [-0.39, 0.29) is 11.2 Å². The van der Waals surface area contributed by atoms with Crippen LogP contribution >= 0.6 is 0 Å². The molecule has 1 aromatic rings. The molecule has 3 aliphatic carbocycles. The number of phenols is 1. The predicted molar refractivity (Wildman–Crippen MR) is 87.8 cm³/mol. The molecule has 1 aromatic carbocycles. The molecule has 23 heavy (non-hydrogen) atoms. The van der Waals surface area contributed by atoms with Crippen molar-refractivity contribution in [2.24, 2.45) is 17.3 Å². The van der Waals surface area contributed by atoms with Crippen molar-refractivity contribution in [2.75, 3.05) is 0 Å². The third-order valence-corrected chi connectivity index (χ3v) is 7.38. The van der Waals surface area contributed by atoms with Crippen LogP contribution in [0.4, 0.5) is 4.39 Å². The van der Waals surface area contributed by atoms with Crippen molar-refractivity contribution in [3.63, 3.8) is 0 Å². The molecule has 0 aliphatic heterocycles. The van der Waals surface area contributed by atoms with Crippen LogP contribution in [-0.2, 0) is 6.42 Å². The lowest BCUT2D eigenvalue weighted by atomic mass is 9.53. The van der Waals surface area contributed by atoms with Crippen molar-refractivity contribution in [1.82, 2.24) is 0 Å². The number of benzene rings is 1. The third kappa shape index (κ3) is 1.83. The summed E-state index contributed by atoms with van der Waals surface area (Å²) < 4.78 is 14.3. The fraction of sp³-hybridized carbons (Fsp3) is 0.600. The summed E-state index contributed by atoms with van der Waals surface area (Å²) in [6.07, 6.45) is 7.13. The van der Waals surface area contributed by atoms with Gasteiger partial charge in [-0.1, -0.05) is 19.1 Å². The Labute approximate surface area is 137 Å². The number of aliphatic hydroxyl groups is 1. The second-order valence-electron chi connectivity index (χ2n) is 8.01. The van der Waals surface area contributed by atoms with Gasteiger partial charge in [-0.25, -0.2) is 4.39 Å². The first kappa shape index (κ1) is 15.2. The Hall–Kier alpha value is -1.35. The van der Waals surface area contributed by atoms with Crippen molar-refractivity contribution in [3.05, 3.63) is 41.7 Å². The molecule has 0 saturated heterocycles. The van der Waals surface area contributed by atoms with Gasteiger partial charge in [-0.2, -0.15) is 0 Å². The summed E-state index contributed by atoms with van der Waals surface area (Å²) in [4.78, 5) is 0. The van der Waals surface area contributed by atoms with E-state index in [1.165, 1.54) is 6.07 Å². The summed E-state index contributed by atoms with van der Waals surface area (Å²) in [5.41, 5.74) is 0.936. The second-order valence-corrected chi connectivity index (χ2v) is 8.01. The molecule has 124 valence electrons. The molecule has 4 rings (SSSR count). The number of aromatic hydroxyl groups is 1. The Morgan fingerprint density at radius 1 is 1.26 bits per heavy atom. The third-order valence-electron chi connectivity index (χ3n) is 7.38. The van der Waals surface area contributed by atoms with Crippen LogP contribution < -0.4 is 0 Å². The molecule has 0 unspecified atom stereocenters. The van der Waals surface area contributed by atoms with Gasteiger partial charge in [0.2, 0.25) is 0 Å². The minimum absolute atomic E-state index is 0.108. The van der Waals surface area contributed by atoms with Crippen LogP contribution in [0.25, 0.3) is 0 Å². The minimum atomic E-state index is -0.761. The molecule has 0 bridgehead atoms. The highest BCUT2D eigenvalue weighted by Gasteiger charge is 2.60. The smallest absolute Gasteiger partial charge is 0.168 e. The minimum Gasteiger partial charge on any atom is -0.505 e. The Balaban J connectivity index is 1.74. The highest BCUT2D eigenvalue weighted by Crippen LogP contribution is 2.64. The number of phenolic OH excluding ortho intramolecular Hbond substituents is 1. The van der Waals surface area contributed by atoms with Gasteiger partial charge in [0.1, 0.15) is 0 Å². The van der Waals surface area contributed by atoms with E-state index in [0.29, 0.717) is 29.7 Å². The van der Waals surface area contributed by atoms with Crippen molar-refractivity contribution >= 4 is 0 Å². The maximum atomic E-state index is 14.3. The molecule has 0 aromatic heterocycles. The summed E-state index contributed by atoms with van der Waals surface area (Å²) >= 11 is 0. The SMILES string of the molecule is C=C[C@@]1(O)CC[C@H]2[C@@H]3CCc4c(ccc(O)c4F)[C@H]3CC[C@@]21C. The molecule has 0 amide bonds. The quantitative estimate of drug-likeness (QED) is 0.758. The summed E-state index contributed by atoms with van der Waals surface area (Å²) in [5.74, 6) is 0.667. The monoisotopic (exact) mass is 316 g/mol. The fourth-order valence-corrected chi connectivity index (χ4v) is 6.00. The molecule has 0 heterocycles. The maximum absolute atomic E-state index is 14.3. The zero-order valence-corrected chi connectivity index (χ0v) is 13.7. The first-order chi connectivity index (χ1) is 10.9. The number of halogens is 1. The lowest BCUT2D eigenvalue weighted by Crippen LogP contribution is -2.49. The van der Waals surface area contributed by atoms with E-state index in [1.54, 1.807) is 6.08 Å². The fourth-order valence-electron chi connectivity index (χ4n) is 6.00. The lowest BCUT2D eigenvalue weighted by Gasteiger charge is -2.52. The molecule has 5 atom stereocenters. The average Bonchev–Trinajstić information content (AvgIpc) is 2.83. The van der Waals surface area contributed by atoms with Crippen LogP contribution in [0.3, 0.4) is 0 Å². The Morgan fingerprint density at radius 2 is 2.04 bits per heavy atom. The van der Waals surface area contributed by atoms with Gasteiger partial charge in [0.15, 0.2) is 11.6 Å². The molecule has 0 radical (unpaired) electrons. The van der Waals surface area contributed by atoms with Crippen molar-refractivity contribution in [1.29, 1.82) is 0 Å². The highest BCUT2D eigenvalue weighted by atomic mass is 19.1. The van der Waals surface area contributed by atoms with Gasteiger partial charge < -0.3 is 10.2 Å². The second kappa shape index (κ2) is 4.83. The van der Waals surface area contributed by atoms with Gasteiger partial charge in [-0.3, -0.25) is 0 Å². The standard InChI is InChI=1S/C20H25FO2/c1-3-20(23)11-9-16-14-4-5-15-12(6-7-17(22)18(15)21)13(14)8-10-19(16,20)2/h3,6-7,13-14,16,22-23H,1,4-5,8-11H2,2H3/t13-,14-,16+,19+,20-/m1/s1. The Kier molecular flexibility index (Phi) is 3.19. The molecule has 0 spiro atoms. The topological polar surface area (TPSA) is 40.5 Å². The average molecular weight is 316 g/mol. The molecule has 3 aliphatic rings.